The van der Waals surface area contributed by atoms with Crippen molar-refractivity contribution in [3.05, 3.63) is 52.1 Å². The molecule has 0 saturated heterocycles. The maximum Gasteiger partial charge on any atom is 0.343 e. The molecule has 1 saturated carbocycles. The van der Waals surface area contributed by atoms with Crippen LogP contribution in [-0.4, -0.2) is 35.3 Å². The first kappa shape index (κ1) is 24.7. The van der Waals surface area contributed by atoms with Crippen molar-refractivity contribution in [3.63, 3.8) is 0 Å². The molecule has 1 aliphatic carbocycles. The zero-order valence-electron chi connectivity index (χ0n) is 19.1. The van der Waals surface area contributed by atoms with Crippen LogP contribution in [0.4, 0.5) is 5.13 Å². The molecule has 2 heterocycles. The fourth-order valence-corrected chi connectivity index (χ4v) is 4.58. The lowest BCUT2D eigenvalue weighted by Crippen LogP contribution is -2.15. The van der Waals surface area contributed by atoms with E-state index in [1.165, 1.54) is 41.3 Å². The Balaban J connectivity index is 1.35. The van der Waals surface area contributed by atoms with Gasteiger partial charge in [0.2, 0.25) is 22.2 Å². The van der Waals surface area contributed by atoms with E-state index in [4.69, 9.17) is 18.6 Å². The standard InChI is InChI=1S/C23H23N3O7S2/c1-3-30-17-8-7-14(9-18(17)31-4-2)21(29)33-19-11-32-15(10-16(19)27)12-34-23-26-25-22(35-23)24-20(28)13-5-6-13/h7-11,13H,3-6,12H2,1-2H3,(H,24,25,28). The third-order valence-corrected chi connectivity index (χ3v) is 6.75. The molecule has 1 aromatic carbocycles. The normalized spacial score (nSPS) is 12.7. The Morgan fingerprint density at radius 3 is 2.60 bits per heavy atom. The molecular weight excluding hydrogens is 494 g/mol. The van der Waals surface area contributed by atoms with Gasteiger partial charge in [-0.1, -0.05) is 23.1 Å². The average Bonchev–Trinajstić information content (AvgIpc) is 3.61. The minimum atomic E-state index is -0.724. The SMILES string of the molecule is CCOc1ccc(C(=O)Oc2coc(CSc3nnc(NC(=O)C4CC4)s3)cc2=O)cc1OCC. The van der Waals surface area contributed by atoms with Crippen molar-refractivity contribution in [2.24, 2.45) is 5.92 Å². The highest BCUT2D eigenvalue weighted by molar-refractivity contribution is 8.00. The van der Waals surface area contributed by atoms with E-state index < -0.39 is 11.4 Å². The molecule has 35 heavy (non-hydrogen) atoms. The Labute approximate surface area is 209 Å². The van der Waals surface area contributed by atoms with Gasteiger partial charge in [-0.25, -0.2) is 4.79 Å². The number of aromatic nitrogens is 2. The summed E-state index contributed by atoms with van der Waals surface area (Å²) < 4.78 is 22.3. The lowest BCUT2D eigenvalue weighted by molar-refractivity contribution is -0.117. The van der Waals surface area contributed by atoms with Gasteiger partial charge in [0.05, 0.1) is 24.5 Å². The van der Waals surface area contributed by atoms with Crippen molar-refractivity contribution in [1.29, 1.82) is 0 Å². The van der Waals surface area contributed by atoms with Crippen molar-refractivity contribution in [2.75, 3.05) is 18.5 Å². The van der Waals surface area contributed by atoms with Gasteiger partial charge in [0.1, 0.15) is 12.0 Å². The molecule has 0 spiro atoms. The summed E-state index contributed by atoms with van der Waals surface area (Å²) in [4.78, 5) is 36.8. The molecule has 1 aliphatic rings. The molecule has 0 bridgehead atoms. The fourth-order valence-electron chi connectivity index (χ4n) is 2.93. The summed E-state index contributed by atoms with van der Waals surface area (Å²) in [5.74, 6) is 0.708. The summed E-state index contributed by atoms with van der Waals surface area (Å²) in [5.41, 5.74) is -0.289. The summed E-state index contributed by atoms with van der Waals surface area (Å²) in [6, 6.07) is 5.92. The van der Waals surface area contributed by atoms with Gasteiger partial charge in [-0.2, -0.15) is 0 Å². The highest BCUT2D eigenvalue weighted by Crippen LogP contribution is 2.33. The first-order valence-electron chi connectivity index (χ1n) is 11.0. The van der Waals surface area contributed by atoms with Crippen LogP contribution in [-0.2, 0) is 10.5 Å². The van der Waals surface area contributed by atoms with E-state index in [2.05, 4.69) is 15.5 Å². The van der Waals surface area contributed by atoms with Gasteiger partial charge in [0.15, 0.2) is 15.8 Å². The van der Waals surface area contributed by atoms with E-state index >= 15 is 0 Å². The molecule has 0 aliphatic heterocycles. The van der Waals surface area contributed by atoms with Crippen molar-refractivity contribution in [1.82, 2.24) is 10.2 Å². The Bertz CT molecular complexity index is 1270. The van der Waals surface area contributed by atoms with Crippen LogP contribution in [0.5, 0.6) is 17.2 Å². The Morgan fingerprint density at radius 2 is 1.89 bits per heavy atom. The van der Waals surface area contributed by atoms with Crippen molar-refractivity contribution >= 4 is 40.1 Å². The van der Waals surface area contributed by atoms with Crippen LogP contribution in [0.1, 0.15) is 42.8 Å². The van der Waals surface area contributed by atoms with Crippen LogP contribution in [0.2, 0.25) is 0 Å². The number of amides is 1. The van der Waals surface area contributed by atoms with Gasteiger partial charge in [0, 0.05) is 12.0 Å². The van der Waals surface area contributed by atoms with Crippen LogP contribution in [0.3, 0.4) is 0 Å². The third-order valence-electron chi connectivity index (χ3n) is 4.76. The maximum absolute atomic E-state index is 12.6. The highest BCUT2D eigenvalue weighted by atomic mass is 32.2. The van der Waals surface area contributed by atoms with Crippen LogP contribution in [0.25, 0.3) is 0 Å². The number of carbonyl (C=O) groups excluding carboxylic acids is 2. The number of nitrogens with one attached hydrogen (secondary N) is 1. The average molecular weight is 518 g/mol. The van der Waals surface area contributed by atoms with E-state index in [1.54, 1.807) is 6.07 Å². The molecule has 184 valence electrons. The zero-order valence-corrected chi connectivity index (χ0v) is 20.7. The van der Waals surface area contributed by atoms with Gasteiger partial charge in [-0.3, -0.25) is 9.59 Å². The molecule has 1 fully saturated rings. The molecular formula is C23H23N3O7S2. The van der Waals surface area contributed by atoms with E-state index in [0.717, 1.165) is 19.1 Å². The highest BCUT2D eigenvalue weighted by Gasteiger charge is 2.30. The predicted octanol–water partition coefficient (Wildman–Crippen LogP) is 4.15. The Morgan fingerprint density at radius 1 is 1.11 bits per heavy atom. The second-order valence-electron chi connectivity index (χ2n) is 7.42. The number of hydrogen-bond acceptors (Lipinski definition) is 11. The van der Waals surface area contributed by atoms with Crippen molar-refractivity contribution in [2.45, 2.75) is 36.8 Å². The molecule has 0 unspecified atom stereocenters. The lowest BCUT2D eigenvalue weighted by Gasteiger charge is -2.12. The number of thioether (sulfide) groups is 1. The number of nitrogens with zero attached hydrogens (tertiary/aromatic N) is 2. The molecule has 4 rings (SSSR count). The van der Waals surface area contributed by atoms with Gasteiger partial charge in [0.25, 0.3) is 0 Å². The van der Waals surface area contributed by atoms with Crippen molar-refractivity contribution < 1.29 is 28.2 Å². The van der Waals surface area contributed by atoms with Crippen LogP contribution in [0.15, 0.2) is 44.1 Å². The molecule has 0 radical (unpaired) electrons. The minimum absolute atomic E-state index is 0.0341. The van der Waals surface area contributed by atoms with Gasteiger partial charge in [-0.15, -0.1) is 10.2 Å². The first-order valence-corrected chi connectivity index (χ1v) is 12.8. The second-order valence-corrected chi connectivity index (χ2v) is 9.62. The number of hydrogen-bond donors (Lipinski definition) is 1. The third kappa shape index (κ3) is 6.61. The Hall–Kier alpha value is -3.38. The maximum atomic E-state index is 12.6. The van der Waals surface area contributed by atoms with E-state index in [1.807, 2.05) is 13.8 Å². The van der Waals surface area contributed by atoms with Gasteiger partial charge in [-0.05, 0) is 44.9 Å². The summed E-state index contributed by atoms with van der Waals surface area (Å²) in [6.07, 6.45) is 2.92. The Kier molecular flexibility index (Phi) is 8.03. The quantitative estimate of drug-likeness (QED) is 0.225. The zero-order chi connectivity index (χ0) is 24.8. The molecule has 10 nitrogen and oxygen atoms in total. The summed E-state index contributed by atoms with van der Waals surface area (Å²) in [7, 11) is 0. The monoisotopic (exact) mass is 517 g/mol. The van der Waals surface area contributed by atoms with E-state index in [9.17, 15) is 14.4 Å². The second kappa shape index (κ2) is 11.4. The largest absolute Gasteiger partial charge is 0.490 e. The predicted molar refractivity (Wildman–Crippen MR) is 130 cm³/mol. The molecule has 3 aromatic rings. The van der Waals surface area contributed by atoms with Crippen LogP contribution < -0.4 is 25.0 Å². The fraction of sp³-hybridized carbons (Fsp3) is 0.348. The van der Waals surface area contributed by atoms with Crippen LogP contribution in [0, 0.1) is 5.92 Å². The van der Waals surface area contributed by atoms with E-state index in [-0.39, 0.29) is 23.1 Å². The van der Waals surface area contributed by atoms with E-state index in [0.29, 0.717) is 45.7 Å². The van der Waals surface area contributed by atoms with Gasteiger partial charge >= 0.3 is 5.97 Å². The summed E-state index contributed by atoms with van der Waals surface area (Å²) in [6.45, 7) is 4.52. The molecule has 12 heteroatoms. The first-order chi connectivity index (χ1) is 17.0. The number of carbonyl (C=O) groups is 2. The molecule has 1 amide bonds. The number of rotatable bonds is 11. The number of esters is 1. The smallest absolute Gasteiger partial charge is 0.343 e. The lowest BCUT2D eigenvalue weighted by atomic mass is 10.2. The van der Waals surface area contributed by atoms with Crippen LogP contribution >= 0.6 is 23.1 Å². The van der Waals surface area contributed by atoms with Gasteiger partial charge < -0.3 is 23.9 Å². The van der Waals surface area contributed by atoms with Crippen molar-refractivity contribution in [3.8, 4) is 17.2 Å². The minimum Gasteiger partial charge on any atom is -0.490 e. The summed E-state index contributed by atoms with van der Waals surface area (Å²) >= 11 is 2.56. The summed E-state index contributed by atoms with van der Waals surface area (Å²) in [5, 5.41) is 11.2. The number of benzene rings is 1. The number of ether oxygens (including phenoxy) is 3. The topological polar surface area (TPSA) is 130 Å². The molecule has 1 N–H and O–H groups in total. The molecule has 0 atom stereocenters. The number of anilines is 1. The molecule has 2 aromatic heterocycles.